The number of nitrogens with one attached hydrogen (secondary N) is 2. The summed E-state index contributed by atoms with van der Waals surface area (Å²) in [5, 5.41) is 3.43. The van der Waals surface area contributed by atoms with Gasteiger partial charge in [-0.05, 0) is 31.4 Å². The Morgan fingerprint density at radius 2 is 1.94 bits per heavy atom. The second-order valence-corrected chi connectivity index (χ2v) is 4.81. The predicted molar refractivity (Wildman–Crippen MR) is 65.4 cm³/mol. The highest BCUT2D eigenvalue weighted by Crippen LogP contribution is 2.26. The summed E-state index contributed by atoms with van der Waals surface area (Å²) in [5.74, 6) is 0. The second-order valence-electron chi connectivity index (χ2n) is 4.25. The van der Waals surface area contributed by atoms with E-state index in [-0.39, 0.29) is 17.5 Å². The molecular weight excluding hydrogens is 227 g/mol. The molecule has 2 rings (SSSR count). The highest BCUT2D eigenvalue weighted by atomic mass is 35.5. The molecular formula is C12H16ClFN2. The lowest BCUT2D eigenvalue weighted by atomic mass is 9.91. The zero-order valence-corrected chi connectivity index (χ0v) is 9.75. The molecule has 0 saturated heterocycles. The Labute approximate surface area is 100 Å². The molecule has 3 atom stereocenters. The van der Waals surface area contributed by atoms with Gasteiger partial charge >= 0.3 is 0 Å². The van der Waals surface area contributed by atoms with Crippen molar-refractivity contribution in [2.24, 2.45) is 0 Å². The SMILES string of the molecule is FNC1CCC(Cl)C(Nc2ccccc2)C1. The van der Waals surface area contributed by atoms with Crippen LogP contribution in [0.1, 0.15) is 19.3 Å². The minimum atomic E-state index is -0.0730. The van der Waals surface area contributed by atoms with Gasteiger partial charge in [-0.1, -0.05) is 18.2 Å². The van der Waals surface area contributed by atoms with Gasteiger partial charge in [0.15, 0.2) is 0 Å². The largest absolute Gasteiger partial charge is 0.381 e. The van der Waals surface area contributed by atoms with Crippen molar-refractivity contribution in [1.82, 2.24) is 5.54 Å². The number of para-hydroxylation sites is 1. The van der Waals surface area contributed by atoms with Crippen LogP contribution < -0.4 is 10.9 Å². The van der Waals surface area contributed by atoms with Gasteiger partial charge in [0, 0.05) is 17.8 Å². The number of anilines is 1. The highest BCUT2D eigenvalue weighted by Gasteiger charge is 2.29. The standard InChI is InChI=1S/C12H16ClFN2/c13-11-7-6-10(16-14)8-12(11)15-9-4-2-1-3-5-9/h1-5,10-12,15-16H,6-8H2. The summed E-state index contributed by atoms with van der Waals surface area (Å²) in [4.78, 5) is 0. The van der Waals surface area contributed by atoms with Crippen LogP contribution in [0.3, 0.4) is 0 Å². The van der Waals surface area contributed by atoms with Crippen molar-refractivity contribution in [2.45, 2.75) is 36.7 Å². The lowest BCUT2D eigenvalue weighted by Crippen LogP contribution is -2.42. The van der Waals surface area contributed by atoms with E-state index >= 15 is 0 Å². The first kappa shape index (κ1) is 11.7. The van der Waals surface area contributed by atoms with Crippen LogP contribution in [0.15, 0.2) is 30.3 Å². The van der Waals surface area contributed by atoms with Gasteiger partial charge in [-0.15, -0.1) is 16.1 Å². The molecule has 1 aliphatic carbocycles. The predicted octanol–water partition coefficient (Wildman–Crippen LogP) is 3.10. The molecule has 1 fully saturated rings. The van der Waals surface area contributed by atoms with Crippen molar-refractivity contribution in [3.05, 3.63) is 30.3 Å². The fraction of sp³-hybridized carbons (Fsp3) is 0.500. The molecule has 0 amide bonds. The van der Waals surface area contributed by atoms with Gasteiger partial charge in [-0.3, -0.25) is 0 Å². The molecule has 0 bridgehead atoms. The van der Waals surface area contributed by atoms with E-state index in [0.717, 1.165) is 24.9 Å². The smallest absolute Gasteiger partial charge is 0.0538 e. The van der Waals surface area contributed by atoms with E-state index in [2.05, 4.69) is 5.32 Å². The number of halogens is 2. The summed E-state index contributed by atoms with van der Waals surface area (Å²) < 4.78 is 12.4. The average Bonchev–Trinajstić information content (AvgIpc) is 2.33. The van der Waals surface area contributed by atoms with Crippen LogP contribution in [-0.4, -0.2) is 17.5 Å². The van der Waals surface area contributed by atoms with Crippen molar-refractivity contribution in [1.29, 1.82) is 0 Å². The van der Waals surface area contributed by atoms with Crippen molar-refractivity contribution in [3.63, 3.8) is 0 Å². The number of alkyl halides is 1. The Morgan fingerprint density at radius 3 is 2.62 bits per heavy atom. The Bertz CT molecular complexity index is 320. The maximum Gasteiger partial charge on any atom is 0.0538 e. The highest BCUT2D eigenvalue weighted by molar-refractivity contribution is 6.21. The van der Waals surface area contributed by atoms with Crippen LogP contribution in [0, 0.1) is 0 Å². The van der Waals surface area contributed by atoms with Gasteiger partial charge in [0.05, 0.1) is 5.38 Å². The van der Waals surface area contributed by atoms with Crippen LogP contribution in [0.4, 0.5) is 10.2 Å². The summed E-state index contributed by atoms with van der Waals surface area (Å²) >= 11 is 6.24. The fourth-order valence-corrected chi connectivity index (χ4v) is 2.42. The van der Waals surface area contributed by atoms with Crippen LogP contribution in [0.5, 0.6) is 0 Å². The van der Waals surface area contributed by atoms with Gasteiger partial charge in [0.25, 0.3) is 0 Å². The van der Waals surface area contributed by atoms with Crippen molar-refractivity contribution in [3.8, 4) is 0 Å². The molecule has 1 saturated carbocycles. The molecule has 16 heavy (non-hydrogen) atoms. The lowest BCUT2D eigenvalue weighted by Gasteiger charge is -2.32. The van der Waals surface area contributed by atoms with E-state index in [0.29, 0.717) is 0 Å². The van der Waals surface area contributed by atoms with Crippen LogP contribution in [0.25, 0.3) is 0 Å². The molecule has 88 valence electrons. The van der Waals surface area contributed by atoms with Gasteiger partial charge < -0.3 is 5.32 Å². The molecule has 4 heteroatoms. The van der Waals surface area contributed by atoms with E-state index < -0.39 is 0 Å². The Kier molecular flexibility index (Phi) is 4.02. The Morgan fingerprint density at radius 1 is 1.19 bits per heavy atom. The third-order valence-corrected chi connectivity index (χ3v) is 3.57. The zero-order chi connectivity index (χ0) is 11.4. The van der Waals surface area contributed by atoms with Crippen molar-refractivity contribution >= 4 is 17.3 Å². The molecule has 0 aromatic heterocycles. The molecule has 0 aliphatic heterocycles. The molecule has 0 spiro atoms. The summed E-state index contributed by atoms with van der Waals surface area (Å²) in [6.07, 6.45) is 2.37. The van der Waals surface area contributed by atoms with Gasteiger partial charge in [-0.25, -0.2) is 0 Å². The van der Waals surface area contributed by atoms with Crippen molar-refractivity contribution in [2.75, 3.05) is 5.32 Å². The fourth-order valence-electron chi connectivity index (χ4n) is 2.13. The van der Waals surface area contributed by atoms with Gasteiger partial charge in [0.2, 0.25) is 0 Å². The normalized spacial score (nSPS) is 30.0. The lowest BCUT2D eigenvalue weighted by molar-refractivity contribution is 0.220. The maximum atomic E-state index is 12.4. The quantitative estimate of drug-likeness (QED) is 0.629. The third kappa shape index (κ3) is 2.86. The summed E-state index contributed by atoms with van der Waals surface area (Å²) in [5.41, 5.74) is 2.88. The maximum absolute atomic E-state index is 12.4. The molecule has 1 aromatic carbocycles. The number of rotatable bonds is 3. The van der Waals surface area contributed by atoms with E-state index in [1.54, 1.807) is 0 Å². The Hall–Kier alpha value is -0.800. The molecule has 0 radical (unpaired) electrons. The van der Waals surface area contributed by atoms with Crippen LogP contribution in [-0.2, 0) is 0 Å². The monoisotopic (exact) mass is 242 g/mol. The Balaban J connectivity index is 1.97. The van der Waals surface area contributed by atoms with Gasteiger partial charge in [-0.2, -0.15) is 5.54 Å². The molecule has 1 aromatic rings. The third-order valence-electron chi connectivity index (χ3n) is 3.05. The van der Waals surface area contributed by atoms with E-state index in [4.69, 9.17) is 11.6 Å². The van der Waals surface area contributed by atoms with E-state index in [9.17, 15) is 4.48 Å². The summed E-state index contributed by atoms with van der Waals surface area (Å²) in [6, 6.07) is 9.96. The molecule has 1 aliphatic rings. The van der Waals surface area contributed by atoms with Gasteiger partial charge in [0.1, 0.15) is 0 Å². The van der Waals surface area contributed by atoms with E-state index in [1.165, 1.54) is 0 Å². The van der Waals surface area contributed by atoms with E-state index in [1.807, 2.05) is 35.9 Å². The molecule has 3 unspecified atom stereocenters. The first-order chi connectivity index (χ1) is 7.79. The topological polar surface area (TPSA) is 24.1 Å². The molecule has 2 nitrogen and oxygen atoms in total. The molecule has 0 heterocycles. The van der Waals surface area contributed by atoms with Crippen molar-refractivity contribution < 1.29 is 4.48 Å². The second kappa shape index (κ2) is 5.51. The van der Waals surface area contributed by atoms with Crippen LogP contribution >= 0.6 is 11.6 Å². The number of hydrogen-bond donors (Lipinski definition) is 2. The minimum Gasteiger partial charge on any atom is -0.381 e. The first-order valence-electron chi connectivity index (χ1n) is 5.61. The first-order valence-corrected chi connectivity index (χ1v) is 6.05. The number of benzene rings is 1. The summed E-state index contributed by atoms with van der Waals surface area (Å²) in [7, 11) is 0. The minimum absolute atomic E-state index is 0.0730. The molecule has 2 N–H and O–H groups in total. The zero-order valence-electron chi connectivity index (χ0n) is 9.00. The van der Waals surface area contributed by atoms with Crippen LogP contribution in [0.2, 0.25) is 0 Å². The summed E-state index contributed by atoms with van der Waals surface area (Å²) in [6.45, 7) is 0. The average molecular weight is 243 g/mol. The number of hydrogen-bond acceptors (Lipinski definition) is 2.